The molecule has 0 radical (unpaired) electrons. The molecule has 0 aromatic heterocycles. The third kappa shape index (κ3) is 5.19. The van der Waals surface area contributed by atoms with E-state index < -0.39 is 10.8 Å². The molecule has 2 N–H and O–H groups in total. The van der Waals surface area contributed by atoms with Crippen molar-refractivity contribution in [2.75, 3.05) is 25.2 Å². The lowest BCUT2D eigenvalue weighted by Crippen LogP contribution is -2.19. The van der Waals surface area contributed by atoms with Crippen molar-refractivity contribution in [2.24, 2.45) is 0 Å². The van der Waals surface area contributed by atoms with Crippen molar-refractivity contribution in [3.05, 3.63) is 23.8 Å². The summed E-state index contributed by atoms with van der Waals surface area (Å²) in [6.45, 7) is 3.80. The molecule has 0 saturated heterocycles. The summed E-state index contributed by atoms with van der Waals surface area (Å²) in [5.74, 6) is 1.31. The Morgan fingerprint density at radius 1 is 1.47 bits per heavy atom. The summed E-state index contributed by atoms with van der Waals surface area (Å²) in [6.07, 6.45) is 1.69. The lowest BCUT2D eigenvalue weighted by Gasteiger charge is -2.09. The first-order chi connectivity index (χ1) is 8.13. The number of benzene rings is 1. The Labute approximate surface area is 104 Å². The van der Waals surface area contributed by atoms with Gasteiger partial charge in [0.25, 0.3) is 0 Å². The van der Waals surface area contributed by atoms with E-state index in [0.29, 0.717) is 31.2 Å². The van der Waals surface area contributed by atoms with Crippen LogP contribution in [0, 0.1) is 0 Å². The zero-order valence-corrected chi connectivity index (χ0v) is 11.0. The predicted octanol–water partition coefficient (Wildman–Crippen LogP) is 1.26. The van der Waals surface area contributed by atoms with Crippen LogP contribution in [0.15, 0.2) is 18.2 Å². The van der Waals surface area contributed by atoms with Gasteiger partial charge in [0.1, 0.15) is 0 Å². The lowest BCUT2D eigenvalue weighted by atomic mass is 10.2. The summed E-state index contributed by atoms with van der Waals surface area (Å²) in [4.78, 5) is 0. The fourth-order valence-electron chi connectivity index (χ4n) is 1.39. The monoisotopic (exact) mass is 257 g/mol. The van der Waals surface area contributed by atoms with Gasteiger partial charge in [0.15, 0.2) is 11.5 Å². The molecule has 1 atom stereocenters. The molecule has 0 amide bonds. The van der Waals surface area contributed by atoms with Crippen LogP contribution in [0.4, 0.5) is 0 Å². The maximum atomic E-state index is 10.9. The number of nitrogens with one attached hydrogen (secondary N) is 1. The zero-order chi connectivity index (χ0) is 12.7. The second kappa shape index (κ2) is 7.29. The summed E-state index contributed by atoms with van der Waals surface area (Å²) in [6, 6.07) is 5.28. The van der Waals surface area contributed by atoms with Crippen molar-refractivity contribution in [1.82, 2.24) is 5.32 Å². The van der Waals surface area contributed by atoms with E-state index in [1.54, 1.807) is 12.3 Å². The van der Waals surface area contributed by atoms with Crippen molar-refractivity contribution in [3.8, 4) is 11.5 Å². The molecule has 0 spiro atoms. The van der Waals surface area contributed by atoms with Gasteiger partial charge in [0.05, 0.1) is 6.61 Å². The van der Waals surface area contributed by atoms with E-state index in [0.717, 1.165) is 5.56 Å². The van der Waals surface area contributed by atoms with Gasteiger partial charge in [-0.2, -0.15) is 0 Å². The van der Waals surface area contributed by atoms with E-state index in [4.69, 9.17) is 4.74 Å². The average molecular weight is 257 g/mol. The highest BCUT2D eigenvalue weighted by atomic mass is 32.2. The van der Waals surface area contributed by atoms with Crippen LogP contribution in [0.1, 0.15) is 12.5 Å². The van der Waals surface area contributed by atoms with E-state index in [1.165, 1.54) is 0 Å². The molecule has 1 aromatic carbocycles. The van der Waals surface area contributed by atoms with Crippen molar-refractivity contribution in [2.45, 2.75) is 13.5 Å². The molecule has 0 aliphatic rings. The van der Waals surface area contributed by atoms with Crippen LogP contribution in [0.5, 0.6) is 11.5 Å². The van der Waals surface area contributed by atoms with Gasteiger partial charge in [-0.3, -0.25) is 4.21 Å². The second-order valence-corrected chi connectivity index (χ2v) is 5.24. The Hall–Kier alpha value is -1.07. The first-order valence-corrected chi connectivity index (χ1v) is 7.31. The highest BCUT2D eigenvalue weighted by Crippen LogP contribution is 2.26. The number of rotatable bonds is 7. The van der Waals surface area contributed by atoms with Gasteiger partial charge in [0.2, 0.25) is 0 Å². The third-order valence-electron chi connectivity index (χ3n) is 2.22. The first kappa shape index (κ1) is 14.0. The summed E-state index contributed by atoms with van der Waals surface area (Å²) in [7, 11) is -0.762. The van der Waals surface area contributed by atoms with Crippen molar-refractivity contribution >= 4 is 10.8 Å². The van der Waals surface area contributed by atoms with E-state index in [2.05, 4.69) is 5.32 Å². The highest BCUT2D eigenvalue weighted by molar-refractivity contribution is 7.84. The topological polar surface area (TPSA) is 58.6 Å². The number of phenolic OH excluding ortho intramolecular Hbond substituents is 1. The number of phenols is 1. The van der Waals surface area contributed by atoms with Gasteiger partial charge in [-0.05, 0) is 24.6 Å². The maximum Gasteiger partial charge on any atom is 0.161 e. The molecule has 4 nitrogen and oxygen atoms in total. The molecule has 1 unspecified atom stereocenters. The zero-order valence-electron chi connectivity index (χ0n) is 10.2. The molecule has 0 fully saturated rings. The van der Waals surface area contributed by atoms with Crippen LogP contribution in [0.3, 0.4) is 0 Å². The summed E-state index contributed by atoms with van der Waals surface area (Å²) >= 11 is 0. The Bertz CT molecular complexity index is 382. The van der Waals surface area contributed by atoms with Crippen molar-refractivity contribution in [1.29, 1.82) is 0 Å². The van der Waals surface area contributed by atoms with Gasteiger partial charge >= 0.3 is 0 Å². The molecule has 0 aliphatic carbocycles. The van der Waals surface area contributed by atoms with E-state index in [9.17, 15) is 9.32 Å². The van der Waals surface area contributed by atoms with Crippen LogP contribution in [-0.4, -0.2) is 34.5 Å². The van der Waals surface area contributed by atoms with Gasteiger partial charge < -0.3 is 15.2 Å². The molecular weight excluding hydrogens is 238 g/mol. The molecule has 17 heavy (non-hydrogen) atoms. The Balaban J connectivity index is 2.48. The Morgan fingerprint density at radius 3 is 2.88 bits per heavy atom. The minimum absolute atomic E-state index is 0.158. The number of aromatic hydroxyl groups is 1. The quantitative estimate of drug-likeness (QED) is 0.722. The Morgan fingerprint density at radius 2 is 2.24 bits per heavy atom. The second-order valence-electron chi connectivity index (χ2n) is 3.69. The standard InChI is InChI=1S/C12H19NO3S/c1-3-16-12-8-10(4-5-11(12)14)9-13-6-7-17(2)15/h4-5,8,13-14H,3,6-7,9H2,1-2H3. The van der Waals surface area contributed by atoms with Gasteiger partial charge in [-0.15, -0.1) is 0 Å². The van der Waals surface area contributed by atoms with Crippen LogP contribution in [-0.2, 0) is 17.3 Å². The van der Waals surface area contributed by atoms with Gasteiger partial charge in [-0.25, -0.2) is 0 Å². The summed E-state index contributed by atoms with van der Waals surface area (Å²) in [5.41, 5.74) is 1.04. The van der Waals surface area contributed by atoms with Crippen LogP contribution in [0.25, 0.3) is 0 Å². The number of ether oxygens (including phenoxy) is 1. The van der Waals surface area contributed by atoms with Crippen molar-refractivity contribution in [3.63, 3.8) is 0 Å². The third-order valence-corrected chi connectivity index (χ3v) is 3.00. The first-order valence-electron chi connectivity index (χ1n) is 5.59. The smallest absolute Gasteiger partial charge is 0.161 e. The molecular formula is C12H19NO3S. The van der Waals surface area contributed by atoms with E-state index >= 15 is 0 Å². The predicted molar refractivity (Wildman–Crippen MR) is 69.9 cm³/mol. The number of hydrogen-bond donors (Lipinski definition) is 2. The fraction of sp³-hybridized carbons (Fsp3) is 0.500. The molecule has 1 aromatic rings. The molecule has 0 aliphatic heterocycles. The molecule has 0 saturated carbocycles. The molecule has 96 valence electrons. The Kier molecular flexibility index (Phi) is 6.00. The maximum absolute atomic E-state index is 10.9. The van der Waals surface area contributed by atoms with Crippen molar-refractivity contribution < 1.29 is 14.1 Å². The highest BCUT2D eigenvalue weighted by Gasteiger charge is 2.03. The molecule has 1 rings (SSSR count). The molecule has 5 heteroatoms. The van der Waals surface area contributed by atoms with Gasteiger partial charge in [-0.1, -0.05) is 6.07 Å². The molecule has 0 bridgehead atoms. The largest absolute Gasteiger partial charge is 0.504 e. The minimum atomic E-state index is -0.762. The number of hydrogen-bond acceptors (Lipinski definition) is 4. The lowest BCUT2D eigenvalue weighted by molar-refractivity contribution is 0.317. The minimum Gasteiger partial charge on any atom is -0.504 e. The molecule has 0 heterocycles. The van der Waals surface area contributed by atoms with E-state index in [-0.39, 0.29) is 5.75 Å². The summed E-state index contributed by atoms with van der Waals surface area (Å²) < 4.78 is 16.2. The average Bonchev–Trinajstić information content (AvgIpc) is 2.28. The van der Waals surface area contributed by atoms with Crippen LogP contribution in [0.2, 0.25) is 0 Å². The SMILES string of the molecule is CCOc1cc(CNCCS(C)=O)ccc1O. The van der Waals surface area contributed by atoms with Crippen LogP contribution >= 0.6 is 0 Å². The summed E-state index contributed by atoms with van der Waals surface area (Å²) in [5, 5.41) is 12.7. The van der Waals surface area contributed by atoms with E-state index in [1.807, 2.05) is 19.1 Å². The van der Waals surface area contributed by atoms with Gasteiger partial charge in [0, 0.05) is 35.9 Å². The van der Waals surface area contributed by atoms with Crippen LogP contribution < -0.4 is 10.1 Å². The normalized spacial score (nSPS) is 12.4. The fourth-order valence-corrected chi connectivity index (χ4v) is 1.82.